The highest BCUT2D eigenvalue weighted by molar-refractivity contribution is 8.00. The quantitative estimate of drug-likeness (QED) is 0.869. The van der Waals surface area contributed by atoms with Crippen LogP contribution in [0.15, 0.2) is 24.3 Å². The third-order valence-corrected chi connectivity index (χ3v) is 4.42. The smallest absolute Gasteiger partial charge is 0.303 e. The molecule has 1 heterocycles. The van der Waals surface area contributed by atoms with Gasteiger partial charge in [0.2, 0.25) is 5.91 Å². The van der Waals surface area contributed by atoms with E-state index in [-0.39, 0.29) is 17.6 Å². The number of amides is 1. The van der Waals surface area contributed by atoms with Crippen LogP contribution in [0.2, 0.25) is 0 Å². The van der Waals surface area contributed by atoms with Crippen molar-refractivity contribution in [1.29, 1.82) is 0 Å². The van der Waals surface area contributed by atoms with Gasteiger partial charge in [0.1, 0.15) is 0 Å². The van der Waals surface area contributed by atoms with E-state index in [0.29, 0.717) is 6.42 Å². The zero-order valence-corrected chi connectivity index (χ0v) is 11.4. The lowest BCUT2D eigenvalue weighted by Crippen LogP contribution is -2.22. The van der Waals surface area contributed by atoms with Gasteiger partial charge in [0.15, 0.2) is 0 Å². The van der Waals surface area contributed by atoms with Crippen LogP contribution >= 0.6 is 11.8 Å². The Bertz CT molecular complexity index is 470. The number of anilines is 1. The Balaban J connectivity index is 1.94. The number of hydrogen-bond acceptors (Lipinski definition) is 3. The van der Waals surface area contributed by atoms with E-state index < -0.39 is 5.97 Å². The van der Waals surface area contributed by atoms with Gasteiger partial charge in [0.25, 0.3) is 0 Å². The van der Waals surface area contributed by atoms with Crippen LogP contribution in [0.3, 0.4) is 0 Å². The fourth-order valence-corrected chi connectivity index (χ4v) is 3.22. The van der Waals surface area contributed by atoms with Gasteiger partial charge in [-0.3, -0.25) is 9.59 Å². The Morgan fingerprint density at radius 1 is 1.42 bits per heavy atom. The number of hydrogen-bond donors (Lipinski definition) is 2. The molecule has 0 saturated carbocycles. The van der Waals surface area contributed by atoms with Gasteiger partial charge in [0.05, 0.1) is 5.25 Å². The highest BCUT2D eigenvalue weighted by Gasteiger charge is 2.23. The normalized spacial score (nSPS) is 18.2. The van der Waals surface area contributed by atoms with Crippen molar-refractivity contribution in [3.05, 3.63) is 29.8 Å². The Morgan fingerprint density at radius 3 is 2.95 bits per heavy atom. The topological polar surface area (TPSA) is 66.4 Å². The van der Waals surface area contributed by atoms with Crippen molar-refractivity contribution in [1.82, 2.24) is 0 Å². The van der Waals surface area contributed by atoms with Crippen molar-refractivity contribution in [3.63, 3.8) is 0 Å². The first-order valence-corrected chi connectivity index (χ1v) is 7.43. The molecule has 1 aliphatic rings. The monoisotopic (exact) mass is 279 g/mol. The molecule has 1 aromatic carbocycles. The summed E-state index contributed by atoms with van der Waals surface area (Å²) in [5.41, 5.74) is 1.68. The Kier molecular flexibility index (Phi) is 4.85. The number of carbonyl (C=O) groups is 2. The standard InChI is InChI=1S/C14H17NO3S/c16-13(17)7-6-10-3-1-4-11(9-10)15-14(18)12-5-2-8-19-12/h1,3-4,9,12H,2,5-8H2,(H,15,18)(H,16,17). The molecule has 4 nitrogen and oxygen atoms in total. The minimum absolute atomic E-state index is 0.0536. The van der Waals surface area contributed by atoms with Crippen molar-refractivity contribution in [2.45, 2.75) is 30.9 Å². The second-order valence-corrected chi connectivity index (χ2v) is 5.90. The lowest BCUT2D eigenvalue weighted by Gasteiger charge is -2.10. The van der Waals surface area contributed by atoms with E-state index >= 15 is 0 Å². The number of nitrogens with one attached hydrogen (secondary N) is 1. The molecule has 2 N–H and O–H groups in total. The van der Waals surface area contributed by atoms with Crippen molar-refractivity contribution < 1.29 is 14.7 Å². The molecule has 1 fully saturated rings. The van der Waals surface area contributed by atoms with Crippen molar-refractivity contribution in [2.75, 3.05) is 11.1 Å². The molecular formula is C14H17NO3S. The number of thioether (sulfide) groups is 1. The van der Waals surface area contributed by atoms with E-state index in [9.17, 15) is 9.59 Å². The van der Waals surface area contributed by atoms with Crippen molar-refractivity contribution in [3.8, 4) is 0 Å². The Morgan fingerprint density at radius 2 is 2.26 bits per heavy atom. The van der Waals surface area contributed by atoms with Crippen molar-refractivity contribution in [2.24, 2.45) is 0 Å². The molecular weight excluding hydrogens is 262 g/mol. The summed E-state index contributed by atoms with van der Waals surface area (Å²) in [4.78, 5) is 22.5. The van der Waals surface area contributed by atoms with Gasteiger partial charge in [-0.1, -0.05) is 12.1 Å². The van der Waals surface area contributed by atoms with Crippen molar-refractivity contribution >= 4 is 29.3 Å². The summed E-state index contributed by atoms with van der Waals surface area (Å²) >= 11 is 1.70. The molecule has 1 atom stereocenters. The molecule has 5 heteroatoms. The molecule has 102 valence electrons. The zero-order valence-electron chi connectivity index (χ0n) is 10.6. The number of carboxylic acid groups (broad SMARTS) is 1. The average molecular weight is 279 g/mol. The molecule has 1 amide bonds. The van der Waals surface area contributed by atoms with Crippen LogP contribution in [0.25, 0.3) is 0 Å². The number of aliphatic carboxylic acids is 1. The zero-order chi connectivity index (χ0) is 13.7. The summed E-state index contributed by atoms with van der Waals surface area (Å²) in [7, 11) is 0. The van der Waals surface area contributed by atoms with Gasteiger partial charge in [0, 0.05) is 12.1 Å². The third-order valence-electron chi connectivity index (χ3n) is 3.04. The molecule has 1 aliphatic heterocycles. The SMILES string of the molecule is O=C(O)CCc1cccc(NC(=O)C2CCCS2)c1. The van der Waals surface area contributed by atoms with Crippen LogP contribution in [0.5, 0.6) is 0 Å². The maximum atomic E-state index is 12.0. The third kappa shape index (κ3) is 4.28. The number of benzene rings is 1. The van der Waals surface area contributed by atoms with Crippen LogP contribution in [-0.4, -0.2) is 28.0 Å². The first kappa shape index (κ1) is 13.9. The second-order valence-electron chi connectivity index (χ2n) is 4.59. The first-order valence-electron chi connectivity index (χ1n) is 6.38. The van der Waals surface area contributed by atoms with E-state index in [2.05, 4.69) is 5.32 Å². The number of aryl methyl sites for hydroxylation is 1. The lowest BCUT2D eigenvalue weighted by atomic mass is 10.1. The number of rotatable bonds is 5. The summed E-state index contributed by atoms with van der Waals surface area (Å²) in [6.45, 7) is 0. The largest absolute Gasteiger partial charge is 0.481 e. The summed E-state index contributed by atoms with van der Waals surface area (Å²) in [6, 6.07) is 7.40. The Labute approximate surface area is 116 Å². The Hall–Kier alpha value is -1.49. The average Bonchev–Trinajstić information content (AvgIpc) is 2.91. The molecule has 0 aliphatic carbocycles. The second kappa shape index (κ2) is 6.61. The predicted octanol–water partition coefficient (Wildman–Crippen LogP) is 2.54. The molecule has 1 saturated heterocycles. The summed E-state index contributed by atoms with van der Waals surface area (Å²) in [5.74, 6) is 0.297. The summed E-state index contributed by atoms with van der Waals surface area (Å²) < 4.78 is 0. The number of carbonyl (C=O) groups excluding carboxylic acids is 1. The lowest BCUT2D eigenvalue weighted by molar-refractivity contribution is -0.137. The van der Waals surface area contributed by atoms with E-state index in [4.69, 9.17) is 5.11 Å². The maximum absolute atomic E-state index is 12.0. The molecule has 2 rings (SSSR count). The van der Waals surface area contributed by atoms with Crippen LogP contribution in [0, 0.1) is 0 Å². The van der Waals surface area contributed by atoms with Gasteiger partial charge in [-0.25, -0.2) is 0 Å². The molecule has 0 spiro atoms. The van der Waals surface area contributed by atoms with Gasteiger partial charge in [-0.05, 0) is 42.7 Å². The fourth-order valence-electron chi connectivity index (χ4n) is 2.06. The van der Waals surface area contributed by atoms with E-state index in [0.717, 1.165) is 29.8 Å². The van der Waals surface area contributed by atoms with Gasteiger partial charge in [-0.2, -0.15) is 0 Å². The van der Waals surface area contributed by atoms with Gasteiger partial charge >= 0.3 is 5.97 Å². The fraction of sp³-hybridized carbons (Fsp3) is 0.429. The van der Waals surface area contributed by atoms with E-state index in [1.807, 2.05) is 24.3 Å². The first-order chi connectivity index (χ1) is 9.15. The van der Waals surface area contributed by atoms with Crippen LogP contribution in [0.4, 0.5) is 5.69 Å². The van der Waals surface area contributed by atoms with E-state index in [1.165, 1.54) is 0 Å². The minimum Gasteiger partial charge on any atom is -0.481 e. The van der Waals surface area contributed by atoms with Gasteiger partial charge < -0.3 is 10.4 Å². The summed E-state index contributed by atoms with van der Waals surface area (Å²) in [5, 5.41) is 11.6. The van der Waals surface area contributed by atoms with Crippen LogP contribution < -0.4 is 5.32 Å². The highest BCUT2D eigenvalue weighted by Crippen LogP contribution is 2.27. The summed E-state index contributed by atoms with van der Waals surface area (Å²) in [6.07, 6.45) is 2.63. The maximum Gasteiger partial charge on any atom is 0.303 e. The minimum atomic E-state index is -0.809. The van der Waals surface area contributed by atoms with Crippen LogP contribution in [0.1, 0.15) is 24.8 Å². The predicted molar refractivity (Wildman–Crippen MR) is 76.5 cm³/mol. The molecule has 0 aromatic heterocycles. The molecule has 0 radical (unpaired) electrons. The molecule has 19 heavy (non-hydrogen) atoms. The number of carboxylic acids is 1. The molecule has 1 unspecified atom stereocenters. The molecule has 1 aromatic rings. The van der Waals surface area contributed by atoms with Gasteiger partial charge in [-0.15, -0.1) is 11.8 Å². The molecule has 0 bridgehead atoms. The van der Waals surface area contributed by atoms with Crippen LogP contribution in [-0.2, 0) is 16.0 Å². The van der Waals surface area contributed by atoms with E-state index in [1.54, 1.807) is 11.8 Å². The highest BCUT2D eigenvalue weighted by atomic mass is 32.2.